The number of hydrogen-bond donors (Lipinski definition) is 2. The van der Waals surface area contributed by atoms with Crippen molar-refractivity contribution in [3.8, 4) is 0 Å². The highest BCUT2D eigenvalue weighted by Gasteiger charge is 2.24. The number of carbonyl (C=O) groups is 1. The fraction of sp³-hybridized carbons (Fsp3) is 0.924. The molecule has 0 fully saturated rings. The largest absolute Gasteiger partial charge is 0.756 e. The molecule has 1 amide bonds. The molecular formula is C66H131N2O6P. The maximum absolute atomic E-state index is 13.0. The van der Waals surface area contributed by atoms with E-state index in [-0.39, 0.29) is 19.1 Å². The van der Waals surface area contributed by atoms with E-state index in [4.69, 9.17) is 9.05 Å². The molecule has 0 spiro atoms. The zero-order chi connectivity index (χ0) is 54.9. The van der Waals surface area contributed by atoms with Gasteiger partial charge >= 0.3 is 0 Å². The average Bonchev–Trinajstić information content (AvgIpc) is 3.37. The van der Waals surface area contributed by atoms with Crippen LogP contribution in [0.3, 0.4) is 0 Å². The number of likely N-dealkylation sites (N-methyl/N-ethyl adjacent to an activating group) is 1. The Bertz CT molecular complexity index is 1270. The molecule has 0 aliphatic heterocycles. The Balaban J connectivity index is 3.99. The van der Waals surface area contributed by atoms with Crippen molar-refractivity contribution in [2.45, 2.75) is 353 Å². The average molecular weight is 1080 g/mol. The standard InChI is InChI=1S/C66H131N2O6P/c1-6-8-10-12-14-16-18-20-22-24-26-28-29-30-31-32-33-34-35-36-37-38-39-40-42-44-46-48-50-52-54-56-58-60-66(70)67-64(63-74-75(71,72)73-62-61-68(3,4)5)65(69)59-57-55-53-51-49-47-45-43-41-27-25-23-21-19-17-15-13-11-9-7-2/h18,20,24,26,64-65,69H,6-17,19,21-23,25,27-63H2,1-5H3,(H-,67,70,71,72)/b20-18-,26-24-. The third kappa shape index (κ3) is 60.5. The molecule has 0 heterocycles. The molecular weight excluding hydrogens is 948 g/mol. The van der Waals surface area contributed by atoms with E-state index in [2.05, 4.69) is 43.5 Å². The number of amides is 1. The van der Waals surface area contributed by atoms with Gasteiger partial charge in [-0.2, -0.15) is 0 Å². The molecule has 0 radical (unpaired) electrons. The van der Waals surface area contributed by atoms with Crippen LogP contribution < -0.4 is 10.2 Å². The number of phosphoric acid groups is 1. The summed E-state index contributed by atoms with van der Waals surface area (Å²) in [6.07, 6.45) is 73.8. The lowest BCUT2D eigenvalue weighted by Crippen LogP contribution is -2.46. The molecule has 9 heteroatoms. The van der Waals surface area contributed by atoms with Crippen LogP contribution in [-0.4, -0.2) is 68.5 Å². The van der Waals surface area contributed by atoms with Gasteiger partial charge in [0.1, 0.15) is 13.2 Å². The third-order valence-corrected chi connectivity index (χ3v) is 16.4. The number of allylic oxidation sites excluding steroid dienone is 4. The van der Waals surface area contributed by atoms with Gasteiger partial charge in [-0.15, -0.1) is 0 Å². The second-order valence-electron chi connectivity index (χ2n) is 24.2. The summed E-state index contributed by atoms with van der Waals surface area (Å²) in [5.74, 6) is -0.157. The first kappa shape index (κ1) is 74.0. The molecule has 8 nitrogen and oxygen atoms in total. The predicted octanol–water partition coefficient (Wildman–Crippen LogP) is 20.1. The van der Waals surface area contributed by atoms with Crippen LogP contribution >= 0.6 is 7.82 Å². The number of nitrogens with zero attached hydrogens (tertiary/aromatic N) is 1. The van der Waals surface area contributed by atoms with Crippen molar-refractivity contribution in [3.63, 3.8) is 0 Å². The summed E-state index contributed by atoms with van der Waals surface area (Å²) in [5, 5.41) is 14.1. The van der Waals surface area contributed by atoms with Crippen LogP contribution in [0.15, 0.2) is 24.3 Å². The van der Waals surface area contributed by atoms with Crippen LogP contribution in [0.4, 0.5) is 0 Å². The summed E-state index contributed by atoms with van der Waals surface area (Å²) in [4.78, 5) is 25.6. The van der Waals surface area contributed by atoms with Gasteiger partial charge in [0.25, 0.3) is 7.82 Å². The summed E-state index contributed by atoms with van der Waals surface area (Å²) >= 11 is 0. The zero-order valence-corrected chi connectivity index (χ0v) is 51.9. The Morgan fingerprint density at radius 2 is 0.773 bits per heavy atom. The molecule has 2 N–H and O–H groups in total. The number of nitrogens with one attached hydrogen (secondary N) is 1. The fourth-order valence-corrected chi connectivity index (χ4v) is 11.0. The summed E-state index contributed by atoms with van der Waals surface area (Å²) in [5.41, 5.74) is 0. The Morgan fingerprint density at radius 3 is 1.11 bits per heavy atom. The molecule has 0 bridgehead atoms. The van der Waals surface area contributed by atoms with Crippen molar-refractivity contribution >= 4 is 13.7 Å². The van der Waals surface area contributed by atoms with Crippen molar-refractivity contribution in [2.24, 2.45) is 0 Å². The predicted molar refractivity (Wildman–Crippen MR) is 325 cm³/mol. The zero-order valence-electron chi connectivity index (χ0n) is 51.0. The van der Waals surface area contributed by atoms with Crippen molar-refractivity contribution < 1.29 is 32.9 Å². The molecule has 75 heavy (non-hydrogen) atoms. The first-order valence-electron chi connectivity index (χ1n) is 33.2. The molecule has 0 saturated carbocycles. The van der Waals surface area contributed by atoms with E-state index in [0.717, 1.165) is 44.9 Å². The quantitative estimate of drug-likeness (QED) is 0.0272. The Kier molecular flexibility index (Phi) is 56.9. The fourth-order valence-electron chi connectivity index (χ4n) is 10.3. The van der Waals surface area contributed by atoms with Crippen molar-refractivity contribution in [3.05, 3.63) is 24.3 Å². The monoisotopic (exact) mass is 1080 g/mol. The normalized spacial score (nSPS) is 13.9. The van der Waals surface area contributed by atoms with Gasteiger partial charge in [0.2, 0.25) is 5.91 Å². The summed E-state index contributed by atoms with van der Waals surface area (Å²) < 4.78 is 23.5. The number of quaternary nitrogens is 1. The number of phosphoric ester groups is 1. The lowest BCUT2D eigenvalue weighted by molar-refractivity contribution is -0.870. The van der Waals surface area contributed by atoms with Crippen LogP contribution in [-0.2, 0) is 18.4 Å². The molecule has 3 unspecified atom stereocenters. The minimum atomic E-state index is -4.57. The van der Waals surface area contributed by atoms with Gasteiger partial charge in [-0.3, -0.25) is 9.36 Å². The number of aliphatic hydroxyl groups excluding tert-OH is 1. The highest BCUT2D eigenvalue weighted by Crippen LogP contribution is 2.38. The highest BCUT2D eigenvalue weighted by atomic mass is 31.2. The number of aliphatic hydroxyl groups is 1. The van der Waals surface area contributed by atoms with Gasteiger partial charge in [0, 0.05) is 6.42 Å². The van der Waals surface area contributed by atoms with Crippen molar-refractivity contribution in [1.29, 1.82) is 0 Å². The lowest BCUT2D eigenvalue weighted by atomic mass is 10.0. The summed E-state index contributed by atoms with van der Waals surface area (Å²) in [6.45, 7) is 4.77. The van der Waals surface area contributed by atoms with Crippen LogP contribution in [0.25, 0.3) is 0 Å². The lowest BCUT2D eigenvalue weighted by Gasteiger charge is -2.30. The highest BCUT2D eigenvalue weighted by molar-refractivity contribution is 7.45. The molecule has 0 rings (SSSR count). The van der Waals surface area contributed by atoms with Gasteiger partial charge in [0.15, 0.2) is 0 Å². The van der Waals surface area contributed by atoms with Gasteiger partial charge in [-0.25, -0.2) is 0 Å². The molecule has 3 atom stereocenters. The number of hydrogen-bond acceptors (Lipinski definition) is 6. The molecule has 0 aliphatic carbocycles. The van der Waals surface area contributed by atoms with E-state index in [1.807, 2.05) is 21.1 Å². The minimum absolute atomic E-state index is 0.0151. The number of unbranched alkanes of at least 4 members (excludes halogenated alkanes) is 45. The number of carbonyl (C=O) groups excluding carboxylic acids is 1. The van der Waals surface area contributed by atoms with Gasteiger partial charge in [0.05, 0.1) is 39.9 Å². The second-order valence-corrected chi connectivity index (χ2v) is 25.6. The molecule has 0 aliphatic rings. The Morgan fingerprint density at radius 1 is 0.467 bits per heavy atom. The van der Waals surface area contributed by atoms with Gasteiger partial charge in [-0.05, 0) is 44.9 Å². The van der Waals surface area contributed by atoms with Crippen LogP contribution in [0.2, 0.25) is 0 Å². The SMILES string of the molecule is CCCCCCC/C=C\C/C=C\CCCCCCCCCCCCCCCCCCCCCCCC(=O)NC(COP(=O)([O-])OCC[N+](C)(C)C)C(O)CCCCCCCCCCCCCCCCCCCCCC. The third-order valence-electron chi connectivity index (χ3n) is 15.4. The molecule has 446 valence electrons. The van der Waals surface area contributed by atoms with Crippen molar-refractivity contribution in [1.82, 2.24) is 5.32 Å². The molecule has 0 aromatic heterocycles. The van der Waals surface area contributed by atoms with E-state index in [1.54, 1.807) is 0 Å². The Hall–Kier alpha value is -1.02. The first-order valence-corrected chi connectivity index (χ1v) is 34.6. The number of rotatable bonds is 62. The van der Waals surface area contributed by atoms with E-state index in [9.17, 15) is 19.4 Å². The maximum atomic E-state index is 13.0. The van der Waals surface area contributed by atoms with Crippen LogP contribution in [0, 0.1) is 0 Å². The topological polar surface area (TPSA) is 108 Å². The van der Waals surface area contributed by atoms with E-state index < -0.39 is 20.0 Å². The van der Waals surface area contributed by atoms with E-state index >= 15 is 0 Å². The minimum Gasteiger partial charge on any atom is -0.756 e. The van der Waals surface area contributed by atoms with E-state index in [1.165, 1.54) is 270 Å². The van der Waals surface area contributed by atoms with Crippen molar-refractivity contribution in [2.75, 3.05) is 40.9 Å². The van der Waals surface area contributed by atoms with Gasteiger partial charge < -0.3 is 28.8 Å². The molecule has 0 saturated heterocycles. The first-order chi connectivity index (χ1) is 36.5. The molecule has 0 aromatic carbocycles. The maximum Gasteiger partial charge on any atom is 0.268 e. The Labute approximate surface area is 468 Å². The van der Waals surface area contributed by atoms with E-state index in [0.29, 0.717) is 23.9 Å². The molecule has 0 aromatic rings. The second kappa shape index (κ2) is 57.7. The van der Waals surface area contributed by atoms with Gasteiger partial charge in [-0.1, -0.05) is 314 Å². The van der Waals surface area contributed by atoms with Crippen LogP contribution in [0.1, 0.15) is 341 Å². The van der Waals surface area contributed by atoms with Crippen LogP contribution in [0.5, 0.6) is 0 Å². The summed E-state index contributed by atoms with van der Waals surface area (Å²) in [7, 11) is 1.32. The smallest absolute Gasteiger partial charge is 0.268 e. The summed E-state index contributed by atoms with van der Waals surface area (Å²) in [6, 6.07) is -0.798.